The molecule has 102 valence electrons. The molecule has 1 rings (SSSR count). The molecule has 0 heterocycles. The Kier molecular flexibility index (Phi) is 5.68. The largest absolute Gasteiger partial charge is 0.493 e. The number of carbonyl (C=O) groups is 1. The minimum atomic E-state index is -0.620. The van der Waals surface area contributed by atoms with Crippen LogP contribution in [0.5, 0.6) is 11.5 Å². The Bertz CT molecular complexity index is 480. The summed E-state index contributed by atoms with van der Waals surface area (Å²) in [4.78, 5) is 11.4. The van der Waals surface area contributed by atoms with Crippen LogP contribution in [0.3, 0.4) is 0 Å². The lowest BCUT2D eigenvalue weighted by Gasteiger charge is -2.10. The van der Waals surface area contributed by atoms with E-state index in [9.17, 15) is 4.79 Å². The van der Waals surface area contributed by atoms with Crippen molar-refractivity contribution in [2.75, 3.05) is 20.8 Å². The molecule has 0 fully saturated rings. The van der Waals surface area contributed by atoms with E-state index < -0.39 is 5.92 Å². The van der Waals surface area contributed by atoms with Crippen molar-refractivity contribution >= 4 is 5.91 Å². The van der Waals surface area contributed by atoms with E-state index in [2.05, 4.69) is 5.32 Å². The first-order valence-electron chi connectivity index (χ1n) is 6.00. The summed E-state index contributed by atoms with van der Waals surface area (Å²) >= 11 is 0. The van der Waals surface area contributed by atoms with Gasteiger partial charge in [-0.1, -0.05) is 6.07 Å². The Morgan fingerprint density at radius 3 is 2.63 bits per heavy atom. The number of hydrogen-bond donors (Lipinski definition) is 1. The number of carbonyl (C=O) groups excluding carboxylic acids is 1. The summed E-state index contributed by atoms with van der Waals surface area (Å²) in [6, 6.07) is 7.52. The second-order valence-corrected chi connectivity index (χ2v) is 4.08. The molecule has 0 spiro atoms. The average molecular weight is 262 g/mol. The molecule has 1 unspecified atom stereocenters. The zero-order chi connectivity index (χ0) is 14.3. The lowest BCUT2D eigenvalue weighted by Crippen LogP contribution is -2.30. The first-order chi connectivity index (χ1) is 9.12. The van der Waals surface area contributed by atoms with Crippen LogP contribution in [0.1, 0.15) is 12.5 Å². The highest BCUT2D eigenvalue weighted by molar-refractivity contribution is 5.80. The molecule has 5 nitrogen and oxygen atoms in total. The minimum absolute atomic E-state index is 0.247. The van der Waals surface area contributed by atoms with Gasteiger partial charge in [0.2, 0.25) is 5.91 Å². The molecule has 5 heteroatoms. The quantitative estimate of drug-likeness (QED) is 0.843. The molecule has 0 aliphatic heterocycles. The molecule has 0 saturated heterocycles. The van der Waals surface area contributed by atoms with Crippen LogP contribution in [0.4, 0.5) is 0 Å². The van der Waals surface area contributed by atoms with Gasteiger partial charge in [-0.05, 0) is 31.0 Å². The molecule has 0 aliphatic carbocycles. The van der Waals surface area contributed by atoms with E-state index >= 15 is 0 Å². The van der Waals surface area contributed by atoms with Gasteiger partial charge in [0.05, 0.1) is 20.3 Å². The van der Waals surface area contributed by atoms with Gasteiger partial charge in [0.15, 0.2) is 11.5 Å². The van der Waals surface area contributed by atoms with E-state index in [1.807, 2.05) is 24.3 Å². The SMILES string of the molecule is COc1ccc(CCNC(=O)C(C)C#N)cc1OC. The van der Waals surface area contributed by atoms with Crippen LogP contribution in [-0.4, -0.2) is 26.7 Å². The average Bonchev–Trinajstić information content (AvgIpc) is 2.45. The van der Waals surface area contributed by atoms with E-state index in [0.29, 0.717) is 24.5 Å². The molecule has 1 N–H and O–H groups in total. The van der Waals surface area contributed by atoms with Crippen molar-refractivity contribution in [2.24, 2.45) is 5.92 Å². The van der Waals surface area contributed by atoms with Crippen LogP contribution in [-0.2, 0) is 11.2 Å². The molecule has 1 amide bonds. The summed E-state index contributed by atoms with van der Waals surface area (Å²) in [5.74, 6) is 0.471. The van der Waals surface area contributed by atoms with Crippen LogP contribution >= 0.6 is 0 Å². The number of amides is 1. The summed E-state index contributed by atoms with van der Waals surface area (Å²) in [6.45, 7) is 2.06. The van der Waals surface area contributed by atoms with Crippen molar-refractivity contribution in [3.63, 3.8) is 0 Å². The van der Waals surface area contributed by atoms with Crippen LogP contribution < -0.4 is 14.8 Å². The van der Waals surface area contributed by atoms with Crippen LogP contribution in [0.15, 0.2) is 18.2 Å². The molecular weight excluding hydrogens is 244 g/mol. The van der Waals surface area contributed by atoms with Gasteiger partial charge in [0.1, 0.15) is 5.92 Å². The highest BCUT2D eigenvalue weighted by atomic mass is 16.5. The van der Waals surface area contributed by atoms with Crippen molar-refractivity contribution in [3.8, 4) is 17.6 Å². The molecule has 1 aromatic carbocycles. The van der Waals surface area contributed by atoms with Gasteiger partial charge in [0, 0.05) is 6.54 Å². The van der Waals surface area contributed by atoms with Gasteiger partial charge < -0.3 is 14.8 Å². The first-order valence-corrected chi connectivity index (χ1v) is 6.00. The van der Waals surface area contributed by atoms with Crippen molar-refractivity contribution < 1.29 is 14.3 Å². The zero-order valence-corrected chi connectivity index (χ0v) is 11.4. The van der Waals surface area contributed by atoms with Crippen molar-refractivity contribution in [1.82, 2.24) is 5.32 Å². The Morgan fingerprint density at radius 1 is 1.37 bits per heavy atom. The van der Waals surface area contributed by atoms with Gasteiger partial charge in [-0.3, -0.25) is 4.79 Å². The third kappa shape index (κ3) is 4.18. The number of methoxy groups -OCH3 is 2. The number of nitrogens with one attached hydrogen (secondary N) is 1. The third-order valence-electron chi connectivity index (χ3n) is 2.75. The minimum Gasteiger partial charge on any atom is -0.493 e. The van der Waals surface area contributed by atoms with E-state index in [1.165, 1.54) is 0 Å². The molecule has 0 bridgehead atoms. The lowest BCUT2D eigenvalue weighted by atomic mass is 10.1. The van der Waals surface area contributed by atoms with Crippen LogP contribution in [0.25, 0.3) is 0 Å². The predicted molar refractivity (Wildman–Crippen MR) is 71.0 cm³/mol. The number of rotatable bonds is 6. The normalized spacial score (nSPS) is 11.3. The van der Waals surface area contributed by atoms with Gasteiger partial charge >= 0.3 is 0 Å². The Labute approximate surface area is 113 Å². The standard InChI is InChI=1S/C14H18N2O3/c1-10(9-15)14(17)16-7-6-11-4-5-12(18-2)13(8-11)19-3/h4-5,8,10H,6-7H2,1-3H3,(H,16,17). The summed E-state index contributed by atoms with van der Waals surface area (Å²) in [5, 5.41) is 11.3. The van der Waals surface area contributed by atoms with E-state index in [1.54, 1.807) is 21.1 Å². The molecule has 19 heavy (non-hydrogen) atoms. The first kappa shape index (κ1) is 14.8. The maximum atomic E-state index is 11.4. The molecule has 1 atom stereocenters. The topological polar surface area (TPSA) is 71.3 Å². The molecule has 0 radical (unpaired) electrons. The fraction of sp³-hybridized carbons (Fsp3) is 0.429. The second-order valence-electron chi connectivity index (χ2n) is 4.08. The van der Waals surface area contributed by atoms with E-state index in [0.717, 1.165) is 5.56 Å². The molecule has 0 saturated carbocycles. The molecule has 0 aromatic heterocycles. The zero-order valence-electron chi connectivity index (χ0n) is 11.4. The number of ether oxygens (including phenoxy) is 2. The van der Waals surface area contributed by atoms with Crippen LogP contribution in [0.2, 0.25) is 0 Å². The summed E-state index contributed by atoms with van der Waals surface area (Å²) in [5.41, 5.74) is 1.03. The second kappa shape index (κ2) is 7.27. The molecule has 1 aromatic rings. The predicted octanol–water partition coefficient (Wildman–Crippen LogP) is 1.52. The smallest absolute Gasteiger partial charge is 0.237 e. The highest BCUT2D eigenvalue weighted by Crippen LogP contribution is 2.27. The Morgan fingerprint density at radius 2 is 2.05 bits per heavy atom. The van der Waals surface area contributed by atoms with Crippen molar-refractivity contribution in [3.05, 3.63) is 23.8 Å². The number of nitrogens with zero attached hydrogens (tertiary/aromatic N) is 1. The summed E-state index contributed by atoms with van der Waals surface area (Å²) in [6.07, 6.45) is 0.671. The monoisotopic (exact) mass is 262 g/mol. The van der Waals surface area contributed by atoms with Gasteiger partial charge in [-0.15, -0.1) is 0 Å². The van der Waals surface area contributed by atoms with Gasteiger partial charge in [-0.2, -0.15) is 5.26 Å². The lowest BCUT2D eigenvalue weighted by molar-refractivity contribution is -0.122. The molecular formula is C14H18N2O3. The Hall–Kier alpha value is -2.22. The van der Waals surface area contributed by atoms with Crippen molar-refractivity contribution in [2.45, 2.75) is 13.3 Å². The van der Waals surface area contributed by atoms with E-state index in [-0.39, 0.29) is 5.91 Å². The maximum Gasteiger partial charge on any atom is 0.237 e. The summed E-state index contributed by atoms with van der Waals surface area (Å²) < 4.78 is 10.4. The number of hydrogen-bond acceptors (Lipinski definition) is 4. The fourth-order valence-electron chi connectivity index (χ4n) is 1.58. The van der Waals surface area contributed by atoms with Gasteiger partial charge in [0.25, 0.3) is 0 Å². The highest BCUT2D eigenvalue weighted by Gasteiger charge is 2.10. The van der Waals surface area contributed by atoms with E-state index in [4.69, 9.17) is 14.7 Å². The number of nitriles is 1. The fourth-order valence-corrected chi connectivity index (χ4v) is 1.58. The number of benzene rings is 1. The third-order valence-corrected chi connectivity index (χ3v) is 2.75. The maximum absolute atomic E-state index is 11.4. The molecule has 0 aliphatic rings. The van der Waals surface area contributed by atoms with Gasteiger partial charge in [-0.25, -0.2) is 0 Å². The van der Waals surface area contributed by atoms with Crippen molar-refractivity contribution in [1.29, 1.82) is 5.26 Å². The summed E-state index contributed by atoms with van der Waals surface area (Å²) in [7, 11) is 3.17. The van der Waals surface area contributed by atoms with Crippen LogP contribution in [0, 0.1) is 17.2 Å². The Balaban J connectivity index is 2.55.